The minimum Gasteiger partial charge on any atom is -0.346 e. The highest BCUT2D eigenvalue weighted by atomic mass is 79.9. The standard InChI is InChI=1S/C15H16Br2FN3O/c1-15(2,3)20-14(22)12-11(7-18)21(8-19-12)13-9(16)5-4-6-10(13)17/h4-6,8H,7H2,1-3H3,(H,20,22). The number of rotatable bonds is 3. The molecule has 0 radical (unpaired) electrons. The van der Waals surface area contributed by atoms with E-state index in [4.69, 9.17) is 0 Å². The second-order valence-electron chi connectivity index (χ2n) is 5.82. The molecule has 0 unspecified atom stereocenters. The number of amides is 1. The first-order valence-corrected chi connectivity index (χ1v) is 8.22. The van der Waals surface area contributed by atoms with Gasteiger partial charge < -0.3 is 5.32 Å². The molecule has 0 atom stereocenters. The Hall–Kier alpha value is -1.21. The number of hydrogen-bond acceptors (Lipinski definition) is 2. The summed E-state index contributed by atoms with van der Waals surface area (Å²) in [6, 6.07) is 5.55. The molecule has 22 heavy (non-hydrogen) atoms. The summed E-state index contributed by atoms with van der Waals surface area (Å²) in [6.45, 7) is 4.80. The highest BCUT2D eigenvalue weighted by Gasteiger charge is 2.23. The number of nitrogens with one attached hydrogen (secondary N) is 1. The summed E-state index contributed by atoms with van der Waals surface area (Å²) in [5.74, 6) is -0.387. The maximum Gasteiger partial charge on any atom is 0.272 e. The fourth-order valence-corrected chi connectivity index (χ4v) is 3.38. The van der Waals surface area contributed by atoms with Gasteiger partial charge in [0.1, 0.15) is 13.0 Å². The molecule has 118 valence electrons. The summed E-state index contributed by atoms with van der Waals surface area (Å²) in [4.78, 5) is 16.4. The number of benzene rings is 1. The zero-order valence-corrected chi connectivity index (χ0v) is 15.6. The summed E-state index contributed by atoms with van der Waals surface area (Å²) < 4.78 is 16.7. The average Bonchev–Trinajstić information content (AvgIpc) is 2.80. The molecular weight excluding hydrogens is 417 g/mol. The van der Waals surface area contributed by atoms with Gasteiger partial charge in [-0.15, -0.1) is 0 Å². The van der Waals surface area contributed by atoms with Crippen LogP contribution in [0.15, 0.2) is 33.5 Å². The van der Waals surface area contributed by atoms with Gasteiger partial charge in [-0.1, -0.05) is 6.07 Å². The van der Waals surface area contributed by atoms with Crippen LogP contribution in [0, 0.1) is 0 Å². The average molecular weight is 433 g/mol. The first kappa shape index (κ1) is 17.1. The molecule has 0 aliphatic heterocycles. The second-order valence-corrected chi connectivity index (χ2v) is 7.53. The summed E-state index contributed by atoms with van der Waals surface area (Å²) >= 11 is 6.88. The van der Waals surface area contributed by atoms with Crippen LogP contribution in [0.1, 0.15) is 37.0 Å². The first-order valence-electron chi connectivity index (χ1n) is 6.63. The maximum absolute atomic E-state index is 13.6. The van der Waals surface area contributed by atoms with E-state index in [9.17, 15) is 9.18 Å². The number of alkyl halides is 1. The van der Waals surface area contributed by atoms with E-state index < -0.39 is 12.2 Å². The molecule has 2 rings (SSSR count). The predicted molar refractivity (Wildman–Crippen MR) is 91.0 cm³/mol. The smallest absolute Gasteiger partial charge is 0.272 e. The number of imidazole rings is 1. The molecular formula is C15H16Br2FN3O. The van der Waals surface area contributed by atoms with Gasteiger partial charge in [0.15, 0.2) is 5.69 Å². The van der Waals surface area contributed by atoms with Crippen LogP contribution in [0.25, 0.3) is 5.69 Å². The number of hydrogen-bond donors (Lipinski definition) is 1. The lowest BCUT2D eigenvalue weighted by Crippen LogP contribution is -2.41. The lowest BCUT2D eigenvalue weighted by atomic mass is 10.1. The van der Waals surface area contributed by atoms with Gasteiger partial charge in [-0.2, -0.15) is 0 Å². The van der Waals surface area contributed by atoms with Gasteiger partial charge in [-0.05, 0) is 64.8 Å². The third kappa shape index (κ3) is 3.57. The molecule has 0 aliphatic carbocycles. The molecule has 1 heterocycles. The Morgan fingerprint density at radius 1 is 1.32 bits per heavy atom. The molecule has 0 saturated heterocycles. The van der Waals surface area contributed by atoms with Gasteiger partial charge in [-0.25, -0.2) is 9.37 Å². The fourth-order valence-electron chi connectivity index (χ4n) is 2.00. The second kappa shape index (κ2) is 6.50. The molecule has 7 heteroatoms. The van der Waals surface area contributed by atoms with Crippen LogP contribution < -0.4 is 5.32 Å². The van der Waals surface area contributed by atoms with Crippen LogP contribution in [-0.4, -0.2) is 21.0 Å². The molecule has 4 nitrogen and oxygen atoms in total. The Morgan fingerprint density at radius 2 is 1.91 bits per heavy atom. The van der Waals surface area contributed by atoms with Crippen LogP contribution in [0.5, 0.6) is 0 Å². The predicted octanol–water partition coefficient (Wildman–Crippen LogP) is 4.40. The number of para-hydroxylation sites is 1. The van der Waals surface area contributed by atoms with E-state index in [1.165, 1.54) is 6.33 Å². The van der Waals surface area contributed by atoms with Gasteiger partial charge in [0.25, 0.3) is 5.91 Å². The van der Waals surface area contributed by atoms with E-state index >= 15 is 0 Å². The number of aromatic nitrogens is 2. The van der Waals surface area contributed by atoms with Crippen molar-refractivity contribution in [2.24, 2.45) is 0 Å². The van der Waals surface area contributed by atoms with Crippen molar-refractivity contribution >= 4 is 37.8 Å². The first-order chi connectivity index (χ1) is 10.2. The van der Waals surface area contributed by atoms with Crippen LogP contribution in [0.3, 0.4) is 0 Å². The van der Waals surface area contributed by atoms with Crippen LogP contribution in [-0.2, 0) is 6.67 Å². The Bertz CT molecular complexity index is 687. The summed E-state index contributed by atoms with van der Waals surface area (Å²) in [5, 5.41) is 2.80. The van der Waals surface area contributed by atoms with Gasteiger partial charge in [0, 0.05) is 14.5 Å². The summed E-state index contributed by atoms with van der Waals surface area (Å²) in [5.41, 5.74) is 0.606. The van der Waals surface area contributed by atoms with Crippen LogP contribution >= 0.6 is 31.9 Å². The van der Waals surface area contributed by atoms with Gasteiger partial charge in [0.05, 0.1) is 11.4 Å². The topological polar surface area (TPSA) is 46.9 Å². The van der Waals surface area contributed by atoms with E-state index in [1.807, 2.05) is 39.0 Å². The van der Waals surface area contributed by atoms with E-state index in [-0.39, 0.29) is 17.3 Å². The van der Waals surface area contributed by atoms with Crippen molar-refractivity contribution in [1.82, 2.24) is 14.9 Å². The van der Waals surface area contributed by atoms with Crippen molar-refractivity contribution in [1.29, 1.82) is 0 Å². The monoisotopic (exact) mass is 431 g/mol. The minimum absolute atomic E-state index is 0.0973. The number of nitrogens with zero attached hydrogens (tertiary/aromatic N) is 2. The quantitative estimate of drug-likeness (QED) is 0.781. The van der Waals surface area contributed by atoms with Gasteiger partial charge >= 0.3 is 0 Å². The molecule has 0 aliphatic rings. The van der Waals surface area contributed by atoms with Crippen molar-refractivity contribution in [3.8, 4) is 5.69 Å². The van der Waals surface area contributed by atoms with Crippen LogP contribution in [0.4, 0.5) is 4.39 Å². The number of carbonyl (C=O) groups excluding carboxylic acids is 1. The Kier molecular flexibility index (Phi) is 5.07. The molecule has 1 N–H and O–H groups in total. The molecule has 0 saturated carbocycles. The highest BCUT2D eigenvalue weighted by molar-refractivity contribution is 9.11. The van der Waals surface area contributed by atoms with E-state index in [0.29, 0.717) is 5.69 Å². The Balaban J connectivity index is 2.51. The largest absolute Gasteiger partial charge is 0.346 e. The zero-order chi connectivity index (χ0) is 16.5. The highest BCUT2D eigenvalue weighted by Crippen LogP contribution is 2.31. The molecule has 2 aromatic rings. The SMILES string of the molecule is CC(C)(C)NC(=O)c1ncn(-c2c(Br)cccc2Br)c1CF. The number of carbonyl (C=O) groups is 1. The van der Waals surface area contributed by atoms with Crippen LogP contribution in [0.2, 0.25) is 0 Å². The van der Waals surface area contributed by atoms with Crippen molar-refractivity contribution < 1.29 is 9.18 Å². The lowest BCUT2D eigenvalue weighted by Gasteiger charge is -2.20. The Morgan fingerprint density at radius 3 is 2.41 bits per heavy atom. The fraction of sp³-hybridized carbons (Fsp3) is 0.333. The summed E-state index contributed by atoms with van der Waals surface area (Å²) in [6.07, 6.45) is 1.46. The lowest BCUT2D eigenvalue weighted by molar-refractivity contribution is 0.0913. The van der Waals surface area contributed by atoms with Crippen molar-refractivity contribution in [2.75, 3.05) is 0 Å². The molecule has 1 amide bonds. The Labute approximate surface area is 145 Å². The third-order valence-corrected chi connectivity index (χ3v) is 4.15. The third-order valence-electron chi connectivity index (χ3n) is 2.88. The molecule has 1 aromatic heterocycles. The normalized spacial score (nSPS) is 11.5. The van der Waals surface area contributed by atoms with Gasteiger partial charge in [0.2, 0.25) is 0 Å². The maximum atomic E-state index is 13.6. The molecule has 1 aromatic carbocycles. The van der Waals surface area contributed by atoms with Crippen molar-refractivity contribution in [3.63, 3.8) is 0 Å². The summed E-state index contributed by atoms with van der Waals surface area (Å²) in [7, 11) is 0. The zero-order valence-electron chi connectivity index (χ0n) is 12.5. The van der Waals surface area contributed by atoms with E-state index in [2.05, 4.69) is 42.2 Å². The molecule has 0 spiro atoms. The van der Waals surface area contributed by atoms with E-state index in [1.54, 1.807) is 4.57 Å². The number of halogens is 3. The van der Waals surface area contributed by atoms with Crippen molar-refractivity contribution in [2.45, 2.75) is 33.0 Å². The van der Waals surface area contributed by atoms with Crippen molar-refractivity contribution in [3.05, 3.63) is 44.9 Å². The minimum atomic E-state index is -0.791. The van der Waals surface area contributed by atoms with Gasteiger partial charge in [-0.3, -0.25) is 9.36 Å². The molecule has 0 bridgehead atoms. The van der Waals surface area contributed by atoms with E-state index in [0.717, 1.165) is 8.95 Å². The molecule has 0 fully saturated rings.